The zero-order valence-electron chi connectivity index (χ0n) is 21.5. The first-order valence-corrected chi connectivity index (χ1v) is 12.6. The van der Waals surface area contributed by atoms with Crippen LogP contribution >= 0.6 is 0 Å². The Morgan fingerprint density at radius 2 is 1.92 bits per heavy atom. The van der Waals surface area contributed by atoms with E-state index in [1.54, 1.807) is 32.6 Å². The number of halogens is 2. The first-order valence-electron chi connectivity index (χ1n) is 12.6. The number of ether oxygens (including phenoxy) is 1. The maximum absolute atomic E-state index is 13.8. The van der Waals surface area contributed by atoms with E-state index >= 15 is 0 Å². The number of rotatable bonds is 6. The summed E-state index contributed by atoms with van der Waals surface area (Å²) < 4.78 is 32.9. The second-order valence-electron chi connectivity index (χ2n) is 11.0. The quantitative estimate of drug-likeness (QED) is 0.622. The van der Waals surface area contributed by atoms with E-state index in [0.717, 1.165) is 6.07 Å². The van der Waals surface area contributed by atoms with Gasteiger partial charge < -0.3 is 19.9 Å². The number of amides is 3. The summed E-state index contributed by atoms with van der Waals surface area (Å²) >= 11 is 0. The highest BCUT2D eigenvalue weighted by Crippen LogP contribution is 2.38. The van der Waals surface area contributed by atoms with Gasteiger partial charge in [0.2, 0.25) is 11.8 Å². The van der Waals surface area contributed by atoms with E-state index in [1.165, 1.54) is 17.0 Å². The number of carbonyl (C=O) groups excluding carboxylic acids is 3. The monoisotopic (exact) mass is 517 g/mol. The first kappa shape index (κ1) is 26.8. The second kappa shape index (κ2) is 10.2. The van der Waals surface area contributed by atoms with Gasteiger partial charge in [-0.1, -0.05) is 0 Å². The summed E-state index contributed by atoms with van der Waals surface area (Å²) in [5.41, 5.74) is -0.392. The maximum atomic E-state index is 13.8. The molecule has 0 saturated carbocycles. The molecule has 3 amide bonds. The van der Waals surface area contributed by atoms with Crippen LogP contribution in [-0.4, -0.2) is 82.0 Å². The van der Waals surface area contributed by atoms with Crippen LogP contribution in [0.15, 0.2) is 18.2 Å². The van der Waals surface area contributed by atoms with Crippen LogP contribution < -0.4 is 5.32 Å². The number of carbonyl (C=O) groups is 3. The third-order valence-corrected chi connectivity index (χ3v) is 7.19. The molecule has 3 heterocycles. The van der Waals surface area contributed by atoms with Gasteiger partial charge in [-0.3, -0.25) is 14.5 Å². The van der Waals surface area contributed by atoms with Crippen molar-refractivity contribution in [1.82, 2.24) is 20.0 Å². The van der Waals surface area contributed by atoms with E-state index in [9.17, 15) is 28.4 Å². The van der Waals surface area contributed by atoms with Gasteiger partial charge in [-0.15, -0.1) is 0 Å². The van der Waals surface area contributed by atoms with Crippen molar-refractivity contribution in [2.75, 3.05) is 19.6 Å². The number of fused-ring (bicyclic) bond motifs is 2. The highest BCUT2D eigenvalue weighted by molar-refractivity contribution is 5.88. The topological polar surface area (TPSA) is 106 Å². The zero-order valence-corrected chi connectivity index (χ0v) is 21.5. The fourth-order valence-corrected chi connectivity index (χ4v) is 5.61. The predicted octanol–water partition coefficient (Wildman–Crippen LogP) is 2.72. The molecule has 4 rings (SSSR count). The Labute approximate surface area is 215 Å². The van der Waals surface area contributed by atoms with E-state index in [4.69, 9.17) is 4.74 Å². The van der Waals surface area contributed by atoms with E-state index in [-0.39, 0.29) is 24.4 Å². The second-order valence-corrected chi connectivity index (χ2v) is 11.0. The van der Waals surface area contributed by atoms with Crippen LogP contribution in [0.5, 0.6) is 0 Å². The SMILES string of the molecule is C[C@@H](c1cc(F)cc(F)c1)N1C(=O)[C@H]2CC1CN2C[C@H](NC(=O)OC(C)(C)C)C(=O)N1CCC[C@H]1C#N. The summed E-state index contributed by atoms with van der Waals surface area (Å²) in [6, 6.07) is 2.59. The Balaban J connectivity index is 1.49. The minimum absolute atomic E-state index is 0.0798. The molecule has 9 nitrogen and oxygen atoms in total. The fourth-order valence-electron chi connectivity index (χ4n) is 5.61. The molecule has 1 unspecified atom stereocenters. The van der Waals surface area contributed by atoms with Crippen LogP contribution in [0.25, 0.3) is 0 Å². The summed E-state index contributed by atoms with van der Waals surface area (Å²) in [6.07, 6.45) is 1.03. The van der Waals surface area contributed by atoms with Gasteiger partial charge in [-0.05, 0) is 64.7 Å². The molecular weight excluding hydrogens is 484 g/mol. The van der Waals surface area contributed by atoms with E-state index in [1.807, 2.05) is 4.90 Å². The van der Waals surface area contributed by atoms with Gasteiger partial charge >= 0.3 is 6.09 Å². The first-order chi connectivity index (χ1) is 17.4. The van der Waals surface area contributed by atoms with Gasteiger partial charge in [0.15, 0.2) is 0 Å². The molecule has 200 valence electrons. The molecule has 0 aromatic heterocycles. The molecule has 37 heavy (non-hydrogen) atoms. The van der Waals surface area contributed by atoms with Crippen LogP contribution in [0.1, 0.15) is 58.6 Å². The number of alkyl carbamates (subject to hydrolysis) is 1. The van der Waals surface area contributed by atoms with Crippen molar-refractivity contribution in [3.8, 4) is 6.07 Å². The molecule has 1 N–H and O–H groups in total. The smallest absolute Gasteiger partial charge is 0.408 e. The molecule has 5 atom stereocenters. The average molecular weight is 518 g/mol. The summed E-state index contributed by atoms with van der Waals surface area (Å²) in [7, 11) is 0. The molecule has 3 aliphatic heterocycles. The average Bonchev–Trinajstić information content (AvgIpc) is 3.50. The highest BCUT2D eigenvalue weighted by Gasteiger charge is 2.52. The molecule has 3 fully saturated rings. The molecule has 0 radical (unpaired) electrons. The number of hydrogen-bond acceptors (Lipinski definition) is 6. The largest absolute Gasteiger partial charge is 0.444 e. The Morgan fingerprint density at radius 3 is 2.51 bits per heavy atom. The van der Waals surface area contributed by atoms with Crippen molar-refractivity contribution in [2.24, 2.45) is 0 Å². The molecule has 3 aliphatic rings. The molecule has 2 bridgehead atoms. The predicted molar refractivity (Wildman–Crippen MR) is 129 cm³/mol. The van der Waals surface area contributed by atoms with Gasteiger partial charge in [0.05, 0.1) is 18.2 Å². The number of nitrogens with one attached hydrogen (secondary N) is 1. The highest BCUT2D eigenvalue weighted by atomic mass is 19.1. The number of piperazine rings is 1. The van der Waals surface area contributed by atoms with Crippen LogP contribution in [0.4, 0.5) is 13.6 Å². The number of nitrogens with zero attached hydrogens (tertiary/aromatic N) is 4. The summed E-state index contributed by atoms with van der Waals surface area (Å²) in [5, 5.41) is 12.1. The minimum Gasteiger partial charge on any atom is -0.444 e. The van der Waals surface area contributed by atoms with Crippen molar-refractivity contribution in [1.29, 1.82) is 5.26 Å². The Kier molecular flexibility index (Phi) is 7.42. The van der Waals surface area contributed by atoms with Crippen LogP contribution in [0.2, 0.25) is 0 Å². The fraction of sp³-hybridized carbons (Fsp3) is 0.615. The van der Waals surface area contributed by atoms with Crippen LogP contribution in [-0.2, 0) is 14.3 Å². The molecule has 0 aliphatic carbocycles. The Bertz CT molecular complexity index is 1100. The van der Waals surface area contributed by atoms with Crippen molar-refractivity contribution in [3.63, 3.8) is 0 Å². The number of likely N-dealkylation sites (tertiary alicyclic amines) is 3. The molecule has 11 heteroatoms. The van der Waals surface area contributed by atoms with E-state index in [2.05, 4.69) is 11.4 Å². The van der Waals surface area contributed by atoms with Crippen LogP contribution in [0.3, 0.4) is 0 Å². The molecule has 1 aromatic rings. The zero-order chi connectivity index (χ0) is 27.1. The Morgan fingerprint density at radius 1 is 1.24 bits per heavy atom. The van der Waals surface area contributed by atoms with Gasteiger partial charge in [0.1, 0.15) is 29.3 Å². The lowest BCUT2D eigenvalue weighted by Crippen LogP contribution is -2.59. The van der Waals surface area contributed by atoms with Crippen LogP contribution in [0, 0.1) is 23.0 Å². The van der Waals surface area contributed by atoms with Crippen molar-refractivity contribution in [3.05, 3.63) is 35.4 Å². The Hall–Kier alpha value is -3.26. The van der Waals surface area contributed by atoms with Gasteiger partial charge in [0, 0.05) is 31.7 Å². The normalized spacial score (nSPS) is 25.2. The number of hydrogen-bond donors (Lipinski definition) is 1. The lowest BCUT2D eigenvalue weighted by atomic mass is 10.0. The molecule has 1 aromatic carbocycles. The summed E-state index contributed by atoms with van der Waals surface area (Å²) in [5.74, 6) is -1.97. The minimum atomic E-state index is -1.00. The number of benzene rings is 1. The summed E-state index contributed by atoms with van der Waals surface area (Å²) in [4.78, 5) is 44.3. The third-order valence-electron chi connectivity index (χ3n) is 7.19. The summed E-state index contributed by atoms with van der Waals surface area (Å²) in [6.45, 7) is 7.83. The lowest BCUT2D eigenvalue weighted by Gasteiger charge is -2.39. The number of nitriles is 1. The lowest BCUT2D eigenvalue weighted by molar-refractivity contribution is -0.141. The van der Waals surface area contributed by atoms with Crippen molar-refractivity contribution in [2.45, 2.75) is 82.8 Å². The van der Waals surface area contributed by atoms with Gasteiger partial charge in [-0.2, -0.15) is 5.26 Å². The molecular formula is C26H33F2N5O4. The van der Waals surface area contributed by atoms with E-state index in [0.29, 0.717) is 37.9 Å². The van der Waals surface area contributed by atoms with Gasteiger partial charge in [-0.25, -0.2) is 13.6 Å². The molecule has 0 spiro atoms. The van der Waals surface area contributed by atoms with E-state index < -0.39 is 47.5 Å². The third kappa shape index (κ3) is 5.69. The molecule has 3 saturated heterocycles. The van der Waals surface area contributed by atoms with Crippen molar-refractivity contribution >= 4 is 17.9 Å². The van der Waals surface area contributed by atoms with Crippen molar-refractivity contribution < 1.29 is 27.9 Å². The standard InChI is InChI=1S/C26H33F2N5O4/c1-15(16-8-17(27)10-18(28)9-16)33-20-11-22(24(33)35)31(13-20)14-21(30-25(36)37-26(2,3)4)23(34)32-7-5-6-19(32)12-29/h8-10,15,19-22H,5-7,11,13-14H2,1-4H3,(H,30,36)/t15-,19-,20?,21-,22+/m0/s1. The maximum Gasteiger partial charge on any atom is 0.408 e. The van der Waals surface area contributed by atoms with Gasteiger partial charge in [0.25, 0.3) is 0 Å².